The molecule has 7 nitrogen and oxygen atoms in total. The van der Waals surface area contributed by atoms with Crippen LogP contribution in [0.3, 0.4) is 0 Å². The molecule has 1 heterocycles. The molecule has 0 saturated carbocycles. The van der Waals surface area contributed by atoms with Gasteiger partial charge in [0.1, 0.15) is 24.3 Å². The van der Waals surface area contributed by atoms with Gasteiger partial charge in [-0.3, -0.25) is 9.63 Å². The van der Waals surface area contributed by atoms with E-state index in [1.165, 1.54) is 18.3 Å². The molecule has 1 amide bonds. The Kier molecular flexibility index (Phi) is 6.91. The van der Waals surface area contributed by atoms with Gasteiger partial charge in [-0.05, 0) is 24.3 Å². The van der Waals surface area contributed by atoms with E-state index in [0.717, 1.165) is 12.1 Å². The summed E-state index contributed by atoms with van der Waals surface area (Å²) in [5, 5.41) is 21.1. The lowest BCUT2D eigenvalue weighted by atomic mass is 10.1. The van der Waals surface area contributed by atoms with Crippen LogP contribution in [0.25, 0.3) is 0 Å². The number of aliphatic hydroxyl groups excluding tert-OH is 2. The van der Waals surface area contributed by atoms with Gasteiger partial charge in [-0.1, -0.05) is 23.2 Å². The summed E-state index contributed by atoms with van der Waals surface area (Å²) in [6.07, 6.45) is 0.206. The van der Waals surface area contributed by atoms with Crippen LogP contribution in [-0.2, 0) is 4.84 Å². The summed E-state index contributed by atoms with van der Waals surface area (Å²) in [6, 6.07) is 4.86. The number of nitrogens with zero attached hydrogens (tertiary/aromatic N) is 1. The summed E-state index contributed by atoms with van der Waals surface area (Å²) in [7, 11) is 0. The quantitative estimate of drug-likeness (QED) is 0.541. The molecule has 0 aliphatic carbocycles. The zero-order valence-corrected chi connectivity index (χ0v) is 14.2. The first-order chi connectivity index (χ1) is 11.9. The second kappa shape index (κ2) is 8.93. The van der Waals surface area contributed by atoms with Crippen molar-refractivity contribution >= 4 is 40.6 Å². The molecule has 4 N–H and O–H groups in total. The van der Waals surface area contributed by atoms with Crippen molar-refractivity contribution in [1.29, 1.82) is 0 Å². The second-order valence-electron chi connectivity index (χ2n) is 4.88. The molecule has 0 aliphatic rings. The number of hydrogen-bond acceptors (Lipinski definition) is 6. The number of carbonyl (C=O) groups is 1. The summed E-state index contributed by atoms with van der Waals surface area (Å²) in [5.74, 6) is -1.10. The Hall–Kier alpha value is -1.97. The number of pyridine rings is 1. The molecule has 0 aliphatic heterocycles. The number of hydroxylamine groups is 1. The normalized spacial score (nSPS) is 11.9. The molecule has 0 fully saturated rings. The number of aromatic nitrogens is 1. The third-order valence-electron chi connectivity index (χ3n) is 2.94. The minimum Gasteiger partial charge on any atom is -0.394 e. The van der Waals surface area contributed by atoms with Gasteiger partial charge in [-0.15, -0.1) is 0 Å². The van der Waals surface area contributed by atoms with Gasteiger partial charge >= 0.3 is 0 Å². The van der Waals surface area contributed by atoms with Gasteiger partial charge < -0.3 is 15.5 Å². The highest BCUT2D eigenvalue weighted by atomic mass is 35.5. The molecule has 1 aromatic heterocycles. The molecular weight excluding hydrogens is 376 g/mol. The Morgan fingerprint density at radius 1 is 1.36 bits per heavy atom. The lowest BCUT2D eigenvalue weighted by molar-refractivity contribution is -0.0295. The van der Waals surface area contributed by atoms with E-state index in [0.29, 0.717) is 5.02 Å². The molecule has 0 spiro atoms. The Bertz CT molecular complexity index is 764. The summed E-state index contributed by atoms with van der Waals surface area (Å²) in [4.78, 5) is 20.9. The Balaban J connectivity index is 2.17. The van der Waals surface area contributed by atoms with E-state index in [1.807, 2.05) is 0 Å². The number of benzene rings is 1. The highest BCUT2D eigenvalue weighted by molar-refractivity contribution is 6.36. The molecule has 1 atom stereocenters. The maximum Gasteiger partial charge on any atom is 0.276 e. The molecule has 25 heavy (non-hydrogen) atoms. The minimum atomic E-state index is -1.14. The maximum atomic E-state index is 13.5. The standard InChI is InChI=1S/C15H14Cl2FN3O4/c16-8-3-12(17)14(19-5-8)20-13-4-9(18)1-2-11(13)15(24)21-25-7-10(23)6-22/h1-5,10,22-23H,6-7H2,(H,19,20)(H,21,24)/t10-/m1/s1. The van der Waals surface area contributed by atoms with Gasteiger partial charge in [-0.2, -0.15) is 0 Å². The van der Waals surface area contributed by atoms with Crippen molar-refractivity contribution in [2.45, 2.75) is 6.10 Å². The van der Waals surface area contributed by atoms with E-state index >= 15 is 0 Å². The van der Waals surface area contributed by atoms with Crippen LogP contribution in [-0.4, -0.2) is 40.4 Å². The monoisotopic (exact) mass is 389 g/mol. The number of hydrogen-bond donors (Lipinski definition) is 4. The third kappa shape index (κ3) is 5.52. The molecule has 1 aromatic carbocycles. The zero-order valence-electron chi connectivity index (χ0n) is 12.7. The minimum absolute atomic E-state index is 0.0488. The Morgan fingerprint density at radius 3 is 2.80 bits per heavy atom. The topological polar surface area (TPSA) is 104 Å². The van der Waals surface area contributed by atoms with E-state index in [2.05, 4.69) is 15.8 Å². The first-order valence-electron chi connectivity index (χ1n) is 6.99. The number of anilines is 2. The molecule has 10 heteroatoms. The molecule has 0 radical (unpaired) electrons. The Morgan fingerprint density at radius 2 is 2.12 bits per heavy atom. The van der Waals surface area contributed by atoms with Crippen molar-refractivity contribution in [2.75, 3.05) is 18.5 Å². The highest BCUT2D eigenvalue weighted by Crippen LogP contribution is 2.28. The van der Waals surface area contributed by atoms with Crippen molar-refractivity contribution in [1.82, 2.24) is 10.5 Å². The first-order valence-corrected chi connectivity index (χ1v) is 7.75. The summed E-state index contributed by atoms with van der Waals surface area (Å²) in [6.45, 7) is -0.823. The largest absolute Gasteiger partial charge is 0.394 e. The molecule has 0 saturated heterocycles. The number of amides is 1. The van der Waals surface area contributed by atoms with Crippen LogP contribution in [0, 0.1) is 5.82 Å². The number of carbonyl (C=O) groups excluding carboxylic acids is 1. The predicted octanol–water partition coefficient (Wildman–Crippen LogP) is 2.29. The smallest absolute Gasteiger partial charge is 0.276 e. The van der Waals surface area contributed by atoms with Gasteiger partial charge in [0.25, 0.3) is 5.91 Å². The van der Waals surface area contributed by atoms with Crippen molar-refractivity contribution in [2.24, 2.45) is 0 Å². The average molecular weight is 390 g/mol. The number of nitrogens with one attached hydrogen (secondary N) is 2. The number of aliphatic hydroxyl groups is 2. The lowest BCUT2D eigenvalue weighted by Crippen LogP contribution is -2.30. The van der Waals surface area contributed by atoms with Crippen LogP contribution < -0.4 is 10.8 Å². The first kappa shape index (κ1) is 19.4. The average Bonchev–Trinajstić information content (AvgIpc) is 2.57. The van der Waals surface area contributed by atoms with Crippen molar-refractivity contribution in [3.05, 3.63) is 51.9 Å². The summed E-state index contributed by atoms with van der Waals surface area (Å²) in [5.41, 5.74) is 2.23. The van der Waals surface area contributed by atoms with Gasteiger partial charge in [0, 0.05) is 6.20 Å². The molecule has 2 aromatic rings. The van der Waals surface area contributed by atoms with Crippen molar-refractivity contribution in [3.8, 4) is 0 Å². The van der Waals surface area contributed by atoms with Gasteiger partial charge in [0.05, 0.1) is 27.9 Å². The third-order valence-corrected chi connectivity index (χ3v) is 3.43. The fourth-order valence-electron chi connectivity index (χ4n) is 1.76. The van der Waals surface area contributed by atoms with Crippen LogP contribution in [0.1, 0.15) is 10.4 Å². The SMILES string of the molecule is O=C(NOC[C@H](O)CO)c1ccc(F)cc1Nc1ncc(Cl)cc1Cl. The van der Waals surface area contributed by atoms with E-state index in [4.69, 9.17) is 38.3 Å². The molecular formula is C15H14Cl2FN3O4. The molecule has 2 rings (SSSR count). The summed E-state index contributed by atoms with van der Waals surface area (Å²) < 4.78 is 13.5. The molecule has 0 unspecified atom stereocenters. The van der Waals surface area contributed by atoms with Crippen LogP contribution in [0.5, 0.6) is 0 Å². The van der Waals surface area contributed by atoms with Crippen LogP contribution in [0.4, 0.5) is 15.9 Å². The predicted molar refractivity (Wildman–Crippen MR) is 90.5 cm³/mol. The van der Waals surface area contributed by atoms with Crippen molar-refractivity contribution < 1.29 is 24.2 Å². The molecule has 134 valence electrons. The van der Waals surface area contributed by atoms with E-state index in [1.54, 1.807) is 0 Å². The fraction of sp³-hybridized carbons (Fsp3) is 0.200. The highest BCUT2D eigenvalue weighted by Gasteiger charge is 2.15. The van der Waals surface area contributed by atoms with Crippen LogP contribution in [0.2, 0.25) is 10.0 Å². The van der Waals surface area contributed by atoms with Gasteiger partial charge in [0.2, 0.25) is 0 Å². The lowest BCUT2D eigenvalue weighted by Gasteiger charge is -2.13. The van der Waals surface area contributed by atoms with E-state index in [9.17, 15) is 9.18 Å². The summed E-state index contributed by atoms with van der Waals surface area (Å²) >= 11 is 11.8. The number of halogens is 3. The Labute approximate surface area is 152 Å². The van der Waals surface area contributed by atoms with Crippen LogP contribution >= 0.6 is 23.2 Å². The second-order valence-corrected chi connectivity index (χ2v) is 5.72. The van der Waals surface area contributed by atoms with Gasteiger partial charge in [-0.25, -0.2) is 14.9 Å². The zero-order chi connectivity index (χ0) is 18.4. The van der Waals surface area contributed by atoms with Crippen LogP contribution in [0.15, 0.2) is 30.5 Å². The maximum absolute atomic E-state index is 13.5. The van der Waals surface area contributed by atoms with Gasteiger partial charge in [0.15, 0.2) is 0 Å². The van der Waals surface area contributed by atoms with E-state index in [-0.39, 0.29) is 28.7 Å². The van der Waals surface area contributed by atoms with E-state index < -0.39 is 24.4 Å². The fourth-order valence-corrected chi connectivity index (χ4v) is 2.19. The van der Waals surface area contributed by atoms with Crippen molar-refractivity contribution in [3.63, 3.8) is 0 Å². The number of rotatable bonds is 7. The molecule has 0 bridgehead atoms.